The van der Waals surface area contributed by atoms with E-state index in [0.29, 0.717) is 6.61 Å². The summed E-state index contributed by atoms with van der Waals surface area (Å²) in [4.78, 5) is 0. The second kappa shape index (κ2) is 9.88. The van der Waals surface area contributed by atoms with Gasteiger partial charge >= 0.3 is 0 Å². The molecule has 0 saturated heterocycles. The molecule has 0 aromatic carbocycles. The van der Waals surface area contributed by atoms with Gasteiger partial charge in [-0.3, -0.25) is 0 Å². The van der Waals surface area contributed by atoms with Gasteiger partial charge in [-0.25, -0.2) is 0 Å². The molecule has 0 saturated carbocycles. The van der Waals surface area contributed by atoms with Crippen molar-refractivity contribution < 1.29 is 9.47 Å². The van der Waals surface area contributed by atoms with Gasteiger partial charge in [0.05, 0.1) is 13.2 Å². The van der Waals surface area contributed by atoms with Crippen LogP contribution in [0.2, 0.25) is 0 Å². The third-order valence-electron chi connectivity index (χ3n) is 1.40. The average Bonchev–Trinajstić information content (AvgIpc) is 2.03. The van der Waals surface area contributed by atoms with Gasteiger partial charge in [-0.05, 0) is 26.4 Å². The Morgan fingerprint density at radius 3 is 2.55 bits per heavy atom. The lowest BCUT2D eigenvalue weighted by atomic mass is 10.3. The van der Waals surface area contributed by atoms with Crippen molar-refractivity contribution in [3.8, 4) is 0 Å². The summed E-state index contributed by atoms with van der Waals surface area (Å²) in [6.07, 6.45) is 2.31. The van der Waals surface area contributed by atoms with Crippen molar-refractivity contribution >= 4 is 0 Å². The van der Waals surface area contributed by atoms with Gasteiger partial charge in [0.25, 0.3) is 0 Å². The number of nitrogens with one attached hydrogen (secondary N) is 1. The van der Waals surface area contributed by atoms with Crippen LogP contribution >= 0.6 is 0 Å². The zero-order valence-electron chi connectivity index (χ0n) is 7.56. The third-order valence-corrected chi connectivity index (χ3v) is 1.40. The van der Waals surface area contributed by atoms with Crippen LogP contribution in [0.4, 0.5) is 0 Å². The normalized spacial score (nSPS) is 10.4. The Labute approximate surface area is 69.1 Å². The van der Waals surface area contributed by atoms with Gasteiger partial charge in [0.1, 0.15) is 0 Å². The number of hydrogen-bond acceptors (Lipinski definition) is 3. The number of ether oxygens (including phenoxy) is 2. The average molecular weight is 161 g/mol. The van der Waals surface area contributed by atoms with Crippen LogP contribution in [0.25, 0.3) is 0 Å². The minimum atomic E-state index is 0.700. The lowest BCUT2D eigenvalue weighted by Gasteiger charge is -2.02. The first-order valence-corrected chi connectivity index (χ1v) is 4.13. The van der Waals surface area contributed by atoms with Crippen LogP contribution in [0.15, 0.2) is 0 Å². The van der Waals surface area contributed by atoms with Gasteiger partial charge in [0.2, 0.25) is 0 Å². The van der Waals surface area contributed by atoms with E-state index in [1.54, 1.807) is 7.11 Å². The molecule has 3 heteroatoms. The maximum Gasteiger partial charge on any atom is 0.0700 e. The highest BCUT2D eigenvalue weighted by Crippen LogP contribution is 1.87. The summed E-state index contributed by atoms with van der Waals surface area (Å²) < 4.78 is 10.1. The fraction of sp³-hybridized carbons (Fsp3) is 1.00. The quantitative estimate of drug-likeness (QED) is 0.530. The van der Waals surface area contributed by atoms with E-state index in [1.165, 1.54) is 6.42 Å². The standard InChI is InChI=1S/C8H19NO2/c1-9-5-3-4-6-11-8-7-10-2/h9H,3-8H2,1-2H3. The molecule has 0 radical (unpaired) electrons. The minimum absolute atomic E-state index is 0.700. The highest BCUT2D eigenvalue weighted by Gasteiger charge is 1.87. The molecule has 0 amide bonds. The lowest BCUT2D eigenvalue weighted by molar-refractivity contribution is 0.0688. The van der Waals surface area contributed by atoms with Gasteiger partial charge in [0.15, 0.2) is 0 Å². The first kappa shape index (κ1) is 10.9. The van der Waals surface area contributed by atoms with Crippen molar-refractivity contribution in [1.82, 2.24) is 5.32 Å². The largest absolute Gasteiger partial charge is 0.382 e. The molecule has 0 atom stereocenters. The third kappa shape index (κ3) is 9.88. The Morgan fingerprint density at radius 2 is 1.91 bits per heavy atom. The maximum atomic E-state index is 5.27. The number of hydrogen-bond donors (Lipinski definition) is 1. The molecular formula is C8H19NO2. The second-order valence-electron chi connectivity index (χ2n) is 2.42. The molecule has 0 aromatic rings. The highest BCUT2D eigenvalue weighted by atomic mass is 16.5. The van der Waals surface area contributed by atoms with Crippen LogP contribution in [0.5, 0.6) is 0 Å². The Morgan fingerprint density at radius 1 is 1.09 bits per heavy atom. The summed E-state index contributed by atoms with van der Waals surface area (Å²) in [6.45, 7) is 3.35. The molecule has 0 fully saturated rings. The molecule has 0 bridgehead atoms. The molecule has 0 heterocycles. The summed E-state index contributed by atoms with van der Waals surface area (Å²) in [5, 5.41) is 3.09. The van der Waals surface area contributed by atoms with Crippen LogP contribution in [-0.2, 0) is 9.47 Å². The molecular weight excluding hydrogens is 142 g/mol. The first-order valence-electron chi connectivity index (χ1n) is 4.13. The minimum Gasteiger partial charge on any atom is -0.382 e. The van der Waals surface area contributed by atoms with E-state index in [9.17, 15) is 0 Å². The molecule has 3 nitrogen and oxygen atoms in total. The molecule has 0 rings (SSSR count). The predicted octanol–water partition coefficient (Wildman–Crippen LogP) is 0.649. The van der Waals surface area contributed by atoms with Crippen molar-refractivity contribution in [2.24, 2.45) is 0 Å². The topological polar surface area (TPSA) is 30.5 Å². The van der Waals surface area contributed by atoms with Gasteiger partial charge in [0, 0.05) is 13.7 Å². The zero-order valence-corrected chi connectivity index (χ0v) is 7.56. The molecule has 11 heavy (non-hydrogen) atoms. The van der Waals surface area contributed by atoms with Crippen molar-refractivity contribution in [1.29, 1.82) is 0 Å². The maximum absolute atomic E-state index is 5.27. The van der Waals surface area contributed by atoms with Crippen LogP contribution < -0.4 is 5.32 Å². The van der Waals surface area contributed by atoms with Crippen LogP contribution in [0.1, 0.15) is 12.8 Å². The number of unbranched alkanes of at least 4 members (excludes halogenated alkanes) is 1. The molecule has 0 aliphatic carbocycles. The SMILES string of the molecule is CNCCCCOCCOC. The summed E-state index contributed by atoms with van der Waals surface area (Å²) in [5.74, 6) is 0. The highest BCUT2D eigenvalue weighted by molar-refractivity contribution is 4.41. The van der Waals surface area contributed by atoms with E-state index in [-0.39, 0.29) is 0 Å². The van der Waals surface area contributed by atoms with Gasteiger partial charge in [-0.15, -0.1) is 0 Å². The molecule has 0 aliphatic rings. The van der Waals surface area contributed by atoms with Gasteiger partial charge in [-0.1, -0.05) is 0 Å². The Kier molecular flexibility index (Phi) is 9.77. The fourth-order valence-electron chi connectivity index (χ4n) is 0.750. The van der Waals surface area contributed by atoms with Crippen LogP contribution in [0.3, 0.4) is 0 Å². The fourth-order valence-corrected chi connectivity index (χ4v) is 0.750. The molecule has 0 aromatic heterocycles. The van der Waals surface area contributed by atoms with Crippen molar-refractivity contribution in [2.45, 2.75) is 12.8 Å². The summed E-state index contributed by atoms with van der Waals surface area (Å²) >= 11 is 0. The summed E-state index contributed by atoms with van der Waals surface area (Å²) in [5.41, 5.74) is 0. The molecule has 0 spiro atoms. The van der Waals surface area contributed by atoms with Gasteiger partial charge < -0.3 is 14.8 Å². The van der Waals surface area contributed by atoms with E-state index >= 15 is 0 Å². The number of rotatable bonds is 8. The summed E-state index contributed by atoms with van der Waals surface area (Å²) in [6, 6.07) is 0. The molecule has 0 unspecified atom stereocenters. The lowest BCUT2D eigenvalue weighted by Crippen LogP contribution is -2.09. The van der Waals surface area contributed by atoms with E-state index in [4.69, 9.17) is 9.47 Å². The van der Waals surface area contributed by atoms with E-state index in [1.807, 2.05) is 7.05 Å². The zero-order chi connectivity index (χ0) is 8.36. The van der Waals surface area contributed by atoms with Crippen molar-refractivity contribution in [3.63, 3.8) is 0 Å². The van der Waals surface area contributed by atoms with E-state index < -0.39 is 0 Å². The Hall–Kier alpha value is -0.120. The van der Waals surface area contributed by atoms with Crippen LogP contribution in [0, 0.1) is 0 Å². The van der Waals surface area contributed by atoms with E-state index in [2.05, 4.69) is 5.32 Å². The molecule has 1 N–H and O–H groups in total. The Bertz CT molecular complexity index is 61.1. The molecule has 68 valence electrons. The smallest absolute Gasteiger partial charge is 0.0700 e. The first-order chi connectivity index (χ1) is 5.41. The second-order valence-corrected chi connectivity index (χ2v) is 2.42. The van der Waals surface area contributed by atoms with Gasteiger partial charge in [-0.2, -0.15) is 0 Å². The van der Waals surface area contributed by atoms with E-state index in [0.717, 1.165) is 26.2 Å². The predicted molar refractivity (Wildman–Crippen MR) is 45.9 cm³/mol. The van der Waals surface area contributed by atoms with Crippen LogP contribution in [-0.4, -0.2) is 40.5 Å². The Balaban J connectivity index is 2.69. The monoisotopic (exact) mass is 161 g/mol. The number of methoxy groups -OCH3 is 1. The molecule has 0 aliphatic heterocycles. The van der Waals surface area contributed by atoms with Crippen molar-refractivity contribution in [3.05, 3.63) is 0 Å². The summed E-state index contributed by atoms with van der Waals surface area (Å²) in [7, 11) is 3.65. The van der Waals surface area contributed by atoms with Crippen molar-refractivity contribution in [2.75, 3.05) is 40.5 Å².